The van der Waals surface area contributed by atoms with Crippen molar-refractivity contribution in [3.05, 3.63) is 11.9 Å². The van der Waals surface area contributed by atoms with Crippen LogP contribution in [0.2, 0.25) is 0 Å². The molecule has 0 aliphatic carbocycles. The van der Waals surface area contributed by atoms with Crippen molar-refractivity contribution in [3.8, 4) is 0 Å². The lowest BCUT2D eigenvalue weighted by Gasteiger charge is -2.30. The molecule has 0 bridgehead atoms. The molecule has 0 aromatic carbocycles. The maximum Gasteiger partial charge on any atom is 0.276 e. The zero-order chi connectivity index (χ0) is 14.7. The minimum atomic E-state index is -0.155. The van der Waals surface area contributed by atoms with E-state index in [4.69, 9.17) is 5.73 Å². The highest BCUT2D eigenvalue weighted by atomic mass is 16.2. The summed E-state index contributed by atoms with van der Waals surface area (Å²) < 4.78 is 1.53. The van der Waals surface area contributed by atoms with Crippen LogP contribution in [0.3, 0.4) is 0 Å². The number of likely N-dealkylation sites (tertiary alicyclic amines) is 1. The van der Waals surface area contributed by atoms with Crippen molar-refractivity contribution in [2.45, 2.75) is 19.8 Å². The van der Waals surface area contributed by atoms with Crippen LogP contribution in [-0.2, 0) is 11.8 Å². The minimum Gasteiger partial charge on any atom is -0.396 e. The minimum absolute atomic E-state index is 0.0000736. The van der Waals surface area contributed by atoms with Gasteiger partial charge in [-0.2, -0.15) is 5.10 Å². The number of aromatic nitrogens is 2. The lowest BCUT2D eigenvalue weighted by atomic mass is 9.95. The van der Waals surface area contributed by atoms with Crippen LogP contribution in [0, 0.1) is 5.92 Å². The second-order valence-corrected chi connectivity index (χ2v) is 5.07. The summed E-state index contributed by atoms with van der Waals surface area (Å²) in [6.07, 6.45) is 2.99. The third-order valence-corrected chi connectivity index (χ3v) is 3.56. The molecule has 1 aliphatic rings. The van der Waals surface area contributed by atoms with Crippen LogP contribution in [0.1, 0.15) is 30.3 Å². The molecule has 1 aromatic rings. The van der Waals surface area contributed by atoms with Crippen molar-refractivity contribution in [2.24, 2.45) is 13.0 Å². The molecule has 0 radical (unpaired) electrons. The topological polar surface area (TPSA) is 93.2 Å². The van der Waals surface area contributed by atoms with Crippen molar-refractivity contribution >= 4 is 17.5 Å². The highest BCUT2D eigenvalue weighted by molar-refractivity contribution is 5.97. The first-order chi connectivity index (χ1) is 9.52. The zero-order valence-corrected chi connectivity index (χ0v) is 11.9. The molecule has 1 aromatic heterocycles. The number of carbonyl (C=O) groups is 2. The van der Waals surface area contributed by atoms with Gasteiger partial charge in [0.1, 0.15) is 0 Å². The number of hydrogen-bond acceptors (Lipinski definition) is 4. The van der Waals surface area contributed by atoms with E-state index in [0.29, 0.717) is 43.9 Å². The zero-order valence-electron chi connectivity index (χ0n) is 11.9. The highest BCUT2D eigenvalue weighted by Gasteiger charge is 2.29. The number of aryl methyl sites for hydroxylation is 1. The van der Waals surface area contributed by atoms with Gasteiger partial charge in [0.25, 0.3) is 5.91 Å². The molecule has 2 rings (SSSR count). The van der Waals surface area contributed by atoms with Crippen molar-refractivity contribution in [3.63, 3.8) is 0 Å². The summed E-state index contributed by atoms with van der Waals surface area (Å²) in [7, 11) is 1.73. The number of anilines is 1. The monoisotopic (exact) mass is 279 g/mol. The van der Waals surface area contributed by atoms with Crippen molar-refractivity contribution in [2.75, 3.05) is 25.4 Å². The molecule has 1 saturated heterocycles. The lowest BCUT2D eigenvalue weighted by Crippen LogP contribution is -2.43. The highest BCUT2D eigenvalue weighted by Crippen LogP contribution is 2.20. The Balaban J connectivity index is 1.95. The van der Waals surface area contributed by atoms with E-state index in [0.717, 1.165) is 0 Å². The first kappa shape index (κ1) is 14.4. The molecule has 110 valence electrons. The summed E-state index contributed by atoms with van der Waals surface area (Å²) in [5.74, 6) is -0.0746. The Bertz CT molecular complexity index is 503. The summed E-state index contributed by atoms with van der Waals surface area (Å²) in [5.41, 5.74) is 6.46. The first-order valence-corrected chi connectivity index (χ1v) is 6.89. The van der Waals surface area contributed by atoms with Gasteiger partial charge < -0.3 is 16.0 Å². The molecule has 3 N–H and O–H groups in total. The molecular weight excluding hydrogens is 258 g/mol. The molecule has 1 aliphatic heterocycles. The van der Waals surface area contributed by atoms with E-state index < -0.39 is 0 Å². The number of carbonyl (C=O) groups excluding carboxylic acids is 2. The molecule has 20 heavy (non-hydrogen) atoms. The summed E-state index contributed by atoms with van der Waals surface area (Å²) in [5, 5.41) is 6.92. The predicted molar refractivity (Wildman–Crippen MR) is 74.9 cm³/mol. The third-order valence-electron chi connectivity index (χ3n) is 3.56. The molecule has 1 fully saturated rings. The van der Waals surface area contributed by atoms with Crippen molar-refractivity contribution < 1.29 is 9.59 Å². The number of nitrogens with one attached hydrogen (secondary N) is 1. The van der Waals surface area contributed by atoms with Gasteiger partial charge in [0.05, 0.1) is 5.69 Å². The number of nitrogens with two attached hydrogens (primary N) is 1. The van der Waals surface area contributed by atoms with E-state index in [2.05, 4.69) is 10.4 Å². The molecule has 0 unspecified atom stereocenters. The molecule has 7 nitrogen and oxygen atoms in total. The van der Waals surface area contributed by atoms with Crippen LogP contribution in [0.15, 0.2) is 6.20 Å². The second-order valence-electron chi connectivity index (χ2n) is 5.07. The normalized spacial score (nSPS) is 16.2. The van der Waals surface area contributed by atoms with Crippen LogP contribution in [-0.4, -0.2) is 46.1 Å². The second kappa shape index (κ2) is 5.94. The Kier molecular flexibility index (Phi) is 4.26. The van der Waals surface area contributed by atoms with Crippen LogP contribution in [0.5, 0.6) is 0 Å². The average Bonchev–Trinajstić information content (AvgIpc) is 2.77. The van der Waals surface area contributed by atoms with E-state index in [1.165, 1.54) is 4.68 Å². The molecule has 2 heterocycles. The largest absolute Gasteiger partial charge is 0.396 e. The smallest absolute Gasteiger partial charge is 0.276 e. The molecule has 0 saturated carbocycles. The molecule has 2 amide bonds. The average molecular weight is 279 g/mol. The number of hydrogen-bond donors (Lipinski definition) is 2. The van der Waals surface area contributed by atoms with E-state index >= 15 is 0 Å². The quantitative estimate of drug-likeness (QED) is 0.814. The number of piperidine rings is 1. The Morgan fingerprint density at radius 2 is 2.10 bits per heavy atom. The molecule has 0 spiro atoms. The van der Waals surface area contributed by atoms with Gasteiger partial charge in [-0.1, -0.05) is 0 Å². The van der Waals surface area contributed by atoms with Gasteiger partial charge in [-0.15, -0.1) is 0 Å². The standard InChI is InChI=1S/C13H21N5O2/c1-3-15-12(19)9-4-6-18(7-5-9)13(20)11-10(14)8-17(2)16-11/h8-9H,3-7,14H2,1-2H3,(H,15,19). The molecular formula is C13H21N5O2. The number of nitrogen functional groups attached to an aromatic ring is 1. The van der Waals surface area contributed by atoms with Gasteiger partial charge in [-0.3, -0.25) is 14.3 Å². The summed E-state index contributed by atoms with van der Waals surface area (Å²) in [4.78, 5) is 25.8. The Labute approximate surface area is 118 Å². The van der Waals surface area contributed by atoms with Crippen LogP contribution in [0.4, 0.5) is 5.69 Å². The Morgan fingerprint density at radius 3 is 2.60 bits per heavy atom. The van der Waals surface area contributed by atoms with E-state index in [-0.39, 0.29) is 17.7 Å². The summed E-state index contributed by atoms with van der Waals surface area (Å²) in [6, 6.07) is 0. The molecule has 7 heteroatoms. The van der Waals surface area contributed by atoms with Crippen LogP contribution < -0.4 is 11.1 Å². The van der Waals surface area contributed by atoms with Gasteiger partial charge >= 0.3 is 0 Å². The fourth-order valence-corrected chi connectivity index (χ4v) is 2.49. The maximum absolute atomic E-state index is 12.3. The van der Waals surface area contributed by atoms with E-state index in [1.807, 2.05) is 6.92 Å². The first-order valence-electron chi connectivity index (χ1n) is 6.89. The van der Waals surface area contributed by atoms with E-state index in [1.54, 1.807) is 18.1 Å². The van der Waals surface area contributed by atoms with Crippen molar-refractivity contribution in [1.82, 2.24) is 20.0 Å². The fraction of sp³-hybridized carbons (Fsp3) is 0.615. The van der Waals surface area contributed by atoms with Gasteiger partial charge in [0.15, 0.2) is 5.69 Å². The number of nitrogens with zero attached hydrogens (tertiary/aromatic N) is 3. The number of rotatable bonds is 3. The van der Waals surface area contributed by atoms with Crippen LogP contribution >= 0.6 is 0 Å². The Morgan fingerprint density at radius 1 is 1.45 bits per heavy atom. The SMILES string of the molecule is CCNC(=O)C1CCN(C(=O)c2nn(C)cc2N)CC1. The van der Waals surface area contributed by atoms with Gasteiger partial charge in [-0.25, -0.2) is 0 Å². The summed E-state index contributed by atoms with van der Waals surface area (Å²) >= 11 is 0. The van der Waals surface area contributed by atoms with Gasteiger partial charge in [0, 0.05) is 38.8 Å². The van der Waals surface area contributed by atoms with Crippen LogP contribution in [0.25, 0.3) is 0 Å². The lowest BCUT2D eigenvalue weighted by molar-refractivity contribution is -0.126. The molecule has 0 atom stereocenters. The van der Waals surface area contributed by atoms with Gasteiger partial charge in [-0.05, 0) is 19.8 Å². The predicted octanol–water partition coefficient (Wildman–Crippen LogP) is -0.00940. The fourth-order valence-electron chi connectivity index (χ4n) is 2.49. The third kappa shape index (κ3) is 2.92. The van der Waals surface area contributed by atoms with E-state index in [9.17, 15) is 9.59 Å². The maximum atomic E-state index is 12.3. The van der Waals surface area contributed by atoms with Gasteiger partial charge in [0.2, 0.25) is 5.91 Å². The summed E-state index contributed by atoms with van der Waals surface area (Å²) in [6.45, 7) is 3.68. The number of amides is 2. The Hall–Kier alpha value is -2.05. The van der Waals surface area contributed by atoms with Crippen molar-refractivity contribution in [1.29, 1.82) is 0 Å².